The molecule has 1 heterocycles. The molecule has 0 saturated heterocycles. The standard InChI is InChI=1S/C12H15NO2S/c14-11(15)7-6-10-8-16-12(13-10)9-4-2-1-3-5-9/h6-9H,1-5H2,(H,14,15)/b7-6+. The fraction of sp³-hybridized carbons (Fsp3) is 0.500. The van der Waals surface area contributed by atoms with Gasteiger partial charge in [-0.1, -0.05) is 19.3 Å². The van der Waals surface area contributed by atoms with Crippen molar-refractivity contribution in [2.45, 2.75) is 38.0 Å². The Hall–Kier alpha value is -1.16. The van der Waals surface area contributed by atoms with Crippen molar-refractivity contribution in [2.24, 2.45) is 0 Å². The van der Waals surface area contributed by atoms with Crippen LogP contribution in [0, 0.1) is 0 Å². The summed E-state index contributed by atoms with van der Waals surface area (Å²) in [6.07, 6.45) is 9.10. The normalized spacial score (nSPS) is 18.0. The van der Waals surface area contributed by atoms with Gasteiger partial charge in [0.15, 0.2) is 0 Å². The van der Waals surface area contributed by atoms with Crippen LogP contribution in [0.15, 0.2) is 11.5 Å². The summed E-state index contributed by atoms with van der Waals surface area (Å²) >= 11 is 1.65. The second kappa shape index (κ2) is 5.25. The first-order valence-electron chi connectivity index (χ1n) is 5.62. The van der Waals surface area contributed by atoms with Crippen LogP contribution >= 0.6 is 11.3 Å². The lowest BCUT2D eigenvalue weighted by atomic mass is 9.90. The van der Waals surface area contributed by atoms with E-state index in [1.807, 2.05) is 5.38 Å². The van der Waals surface area contributed by atoms with Gasteiger partial charge in [-0.25, -0.2) is 9.78 Å². The lowest BCUT2D eigenvalue weighted by Crippen LogP contribution is -2.03. The molecule has 1 saturated carbocycles. The Morgan fingerprint density at radius 3 is 2.88 bits per heavy atom. The number of carboxylic acids is 1. The van der Waals surface area contributed by atoms with Gasteiger partial charge in [0.2, 0.25) is 0 Å². The van der Waals surface area contributed by atoms with E-state index in [1.54, 1.807) is 17.4 Å². The van der Waals surface area contributed by atoms with Gasteiger partial charge in [-0.15, -0.1) is 11.3 Å². The third-order valence-corrected chi connectivity index (χ3v) is 3.92. The Morgan fingerprint density at radius 2 is 2.19 bits per heavy atom. The predicted octanol–water partition coefficient (Wildman–Crippen LogP) is 3.29. The zero-order chi connectivity index (χ0) is 11.4. The van der Waals surface area contributed by atoms with Gasteiger partial charge in [0.1, 0.15) is 0 Å². The van der Waals surface area contributed by atoms with Crippen LogP contribution in [0.5, 0.6) is 0 Å². The average molecular weight is 237 g/mol. The van der Waals surface area contributed by atoms with E-state index in [0.717, 1.165) is 11.8 Å². The van der Waals surface area contributed by atoms with Crippen molar-refractivity contribution in [3.63, 3.8) is 0 Å². The number of rotatable bonds is 3. The molecule has 0 aromatic carbocycles. The summed E-state index contributed by atoms with van der Waals surface area (Å²) < 4.78 is 0. The fourth-order valence-corrected chi connectivity index (χ4v) is 3.03. The summed E-state index contributed by atoms with van der Waals surface area (Å²) in [5.41, 5.74) is 0.771. The van der Waals surface area contributed by atoms with Crippen LogP contribution in [0.25, 0.3) is 6.08 Å². The van der Waals surface area contributed by atoms with Gasteiger partial charge < -0.3 is 5.11 Å². The SMILES string of the molecule is O=C(O)/C=C/c1csc(C2CCCCC2)n1. The first-order valence-corrected chi connectivity index (χ1v) is 6.50. The van der Waals surface area contributed by atoms with E-state index in [4.69, 9.17) is 5.11 Å². The first-order chi connectivity index (χ1) is 7.75. The van der Waals surface area contributed by atoms with Crippen LogP contribution in [-0.4, -0.2) is 16.1 Å². The summed E-state index contributed by atoms with van der Waals surface area (Å²) in [6, 6.07) is 0. The number of thiazole rings is 1. The Bertz CT molecular complexity index is 391. The van der Waals surface area contributed by atoms with Crippen LogP contribution in [0.4, 0.5) is 0 Å². The first kappa shape index (κ1) is 11.3. The summed E-state index contributed by atoms with van der Waals surface area (Å²) in [6.45, 7) is 0. The molecule has 0 spiro atoms. The lowest BCUT2D eigenvalue weighted by Gasteiger charge is -2.18. The van der Waals surface area contributed by atoms with Gasteiger partial charge in [0.25, 0.3) is 0 Å². The Kier molecular flexibility index (Phi) is 3.72. The molecule has 16 heavy (non-hydrogen) atoms. The van der Waals surface area contributed by atoms with Gasteiger partial charge in [0, 0.05) is 17.4 Å². The fourth-order valence-electron chi connectivity index (χ4n) is 2.07. The van der Waals surface area contributed by atoms with E-state index in [9.17, 15) is 4.79 Å². The van der Waals surface area contributed by atoms with Crippen LogP contribution < -0.4 is 0 Å². The number of aliphatic carboxylic acids is 1. The van der Waals surface area contributed by atoms with E-state index in [2.05, 4.69) is 4.98 Å². The highest BCUT2D eigenvalue weighted by atomic mass is 32.1. The highest BCUT2D eigenvalue weighted by molar-refractivity contribution is 7.09. The van der Waals surface area contributed by atoms with Crippen LogP contribution in [0.3, 0.4) is 0 Å². The monoisotopic (exact) mass is 237 g/mol. The second-order valence-electron chi connectivity index (χ2n) is 4.12. The van der Waals surface area contributed by atoms with Crippen molar-refractivity contribution >= 4 is 23.4 Å². The summed E-state index contributed by atoms with van der Waals surface area (Å²) in [5.74, 6) is -0.321. The van der Waals surface area contributed by atoms with Crippen molar-refractivity contribution < 1.29 is 9.90 Å². The molecule has 1 N–H and O–H groups in total. The zero-order valence-electron chi connectivity index (χ0n) is 9.06. The van der Waals surface area contributed by atoms with Gasteiger partial charge in [-0.2, -0.15) is 0 Å². The third kappa shape index (κ3) is 2.92. The largest absolute Gasteiger partial charge is 0.478 e. The van der Waals surface area contributed by atoms with Gasteiger partial charge in [-0.3, -0.25) is 0 Å². The molecule has 0 atom stereocenters. The van der Waals surface area contributed by atoms with Crippen molar-refractivity contribution in [1.82, 2.24) is 4.98 Å². The molecule has 86 valence electrons. The number of carboxylic acid groups (broad SMARTS) is 1. The Morgan fingerprint density at radius 1 is 1.44 bits per heavy atom. The van der Waals surface area contributed by atoms with Crippen molar-refractivity contribution in [3.8, 4) is 0 Å². The average Bonchev–Trinajstić information content (AvgIpc) is 2.76. The Labute approximate surface area is 98.8 Å². The molecule has 1 fully saturated rings. The topological polar surface area (TPSA) is 50.2 Å². The van der Waals surface area contributed by atoms with Crippen molar-refractivity contribution in [1.29, 1.82) is 0 Å². The van der Waals surface area contributed by atoms with Crippen LogP contribution in [0.2, 0.25) is 0 Å². The summed E-state index contributed by atoms with van der Waals surface area (Å²) in [4.78, 5) is 14.8. The molecule has 1 aromatic heterocycles. The van der Waals surface area contributed by atoms with E-state index in [1.165, 1.54) is 37.1 Å². The highest BCUT2D eigenvalue weighted by Crippen LogP contribution is 2.34. The van der Waals surface area contributed by atoms with Gasteiger partial charge in [0.05, 0.1) is 10.7 Å². The molecule has 3 nitrogen and oxygen atoms in total. The predicted molar refractivity (Wildman–Crippen MR) is 64.6 cm³/mol. The number of hydrogen-bond donors (Lipinski definition) is 1. The molecule has 4 heteroatoms. The van der Waals surface area contributed by atoms with Crippen LogP contribution in [-0.2, 0) is 4.79 Å². The zero-order valence-corrected chi connectivity index (χ0v) is 9.87. The number of carbonyl (C=O) groups is 1. The van der Waals surface area contributed by atoms with E-state index in [0.29, 0.717) is 5.92 Å². The third-order valence-electron chi connectivity index (χ3n) is 2.89. The minimum Gasteiger partial charge on any atom is -0.478 e. The maximum Gasteiger partial charge on any atom is 0.328 e. The van der Waals surface area contributed by atoms with E-state index >= 15 is 0 Å². The molecule has 0 radical (unpaired) electrons. The van der Waals surface area contributed by atoms with Crippen molar-refractivity contribution in [3.05, 3.63) is 22.2 Å². The molecule has 1 aliphatic carbocycles. The number of aromatic nitrogens is 1. The number of nitrogens with zero attached hydrogens (tertiary/aromatic N) is 1. The molecular formula is C12H15NO2S. The van der Waals surface area contributed by atoms with E-state index in [-0.39, 0.29) is 0 Å². The molecule has 0 aliphatic heterocycles. The van der Waals surface area contributed by atoms with Gasteiger partial charge in [-0.05, 0) is 18.9 Å². The quantitative estimate of drug-likeness (QED) is 0.821. The molecule has 1 aromatic rings. The van der Waals surface area contributed by atoms with Gasteiger partial charge >= 0.3 is 5.97 Å². The molecule has 2 rings (SSSR count). The number of hydrogen-bond acceptors (Lipinski definition) is 3. The second-order valence-corrected chi connectivity index (χ2v) is 5.01. The maximum absolute atomic E-state index is 10.4. The molecule has 0 amide bonds. The minimum atomic E-state index is -0.924. The van der Waals surface area contributed by atoms with Crippen LogP contribution in [0.1, 0.15) is 48.7 Å². The maximum atomic E-state index is 10.4. The van der Waals surface area contributed by atoms with E-state index < -0.39 is 5.97 Å². The molecular weight excluding hydrogens is 222 g/mol. The highest BCUT2D eigenvalue weighted by Gasteiger charge is 2.18. The van der Waals surface area contributed by atoms with Crippen molar-refractivity contribution in [2.75, 3.05) is 0 Å². The smallest absolute Gasteiger partial charge is 0.328 e. The molecule has 0 bridgehead atoms. The summed E-state index contributed by atoms with van der Waals surface area (Å²) in [5, 5.41) is 11.6. The molecule has 1 aliphatic rings. The molecule has 0 unspecified atom stereocenters. The minimum absolute atomic E-state index is 0.603. The lowest BCUT2D eigenvalue weighted by molar-refractivity contribution is -0.131. The summed E-state index contributed by atoms with van der Waals surface area (Å²) in [7, 11) is 0. The Balaban J connectivity index is 2.03.